The second-order valence-corrected chi connectivity index (χ2v) is 4.25. The standard InChI is InChI=1S/C11H18N4O/c1-8-6-15(7-9(2)16-8)11-4-3-10(5-12)13-14-11/h3-4,8-9H,5-7,12H2,1-2H3/t8-,9+. The molecule has 16 heavy (non-hydrogen) atoms. The van der Waals surface area contributed by atoms with Gasteiger partial charge in [0, 0.05) is 19.6 Å². The summed E-state index contributed by atoms with van der Waals surface area (Å²) in [4.78, 5) is 2.20. The molecule has 5 nitrogen and oxygen atoms in total. The molecule has 1 aromatic heterocycles. The first kappa shape index (κ1) is 11.3. The average Bonchev–Trinajstić information content (AvgIpc) is 2.28. The Hall–Kier alpha value is -1.20. The molecular formula is C11H18N4O. The van der Waals surface area contributed by atoms with Crippen molar-refractivity contribution < 1.29 is 4.74 Å². The van der Waals surface area contributed by atoms with E-state index < -0.39 is 0 Å². The minimum atomic E-state index is 0.236. The van der Waals surface area contributed by atoms with Gasteiger partial charge in [0.25, 0.3) is 0 Å². The summed E-state index contributed by atoms with van der Waals surface area (Å²) in [6, 6.07) is 3.90. The maximum atomic E-state index is 5.67. The lowest BCUT2D eigenvalue weighted by Crippen LogP contribution is -2.45. The highest BCUT2D eigenvalue weighted by Crippen LogP contribution is 2.17. The van der Waals surface area contributed by atoms with Crippen molar-refractivity contribution in [3.8, 4) is 0 Å². The van der Waals surface area contributed by atoms with Gasteiger partial charge in [-0.25, -0.2) is 0 Å². The number of nitrogens with two attached hydrogens (primary N) is 1. The Morgan fingerprint density at radius 1 is 1.31 bits per heavy atom. The summed E-state index contributed by atoms with van der Waals surface area (Å²) in [5, 5.41) is 8.25. The van der Waals surface area contributed by atoms with E-state index in [1.54, 1.807) is 0 Å². The normalized spacial score (nSPS) is 25.8. The quantitative estimate of drug-likeness (QED) is 0.791. The van der Waals surface area contributed by atoms with E-state index in [0.29, 0.717) is 6.54 Å². The second-order valence-electron chi connectivity index (χ2n) is 4.25. The van der Waals surface area contributed by atoms with Gasteiger partial charge in [-0.1, -0.05) is 0 Å². The fourth-order valence-corrected chi connectivity index (χ4v) is 2.00. The Kier molecular flexibility index (Phi) is 3.36. The summed E-state index contributed by atoms with van der Waals surface area (Å²) in [7, 11) is 0. The molecule has 2 heterocycles. The number of morpholine rings is 1. The third-order valence-electron chi connectivity index (χ3n) is 2.66. The first-order chi connectivity index (χ1) is 7.69. The van der Waals surface area contributed by atoms with Crippen molar-refractivity contribution in [3.63, 3.8) is 0 Å². The van der Waals surface area contributed by atoms with Crippen LogP contribution in [0.5, 0.6) is 0 Å². The van der Waals surface area contributed by atoms with Gasteiger partial charge in [-0.2, -0.15) is 5.10 Å². The summed E-state index contributed by atoms with van der Waals surface area (Å²) in [6.07, 6.45) is 0.472. The van der Waals surface area contributed by atoms with Crippen LogP contribution in [0.2, 0.25) is 0 Å². The van der Waals surface area contributed by atoms with Crippen LogP contribution in [0.4, 0.5) is 5.82 Å². The van der Waals surface area contributed by atoms with Crippen LogP contribution in [0, 0.1) is 0 Å². The number of hydrogen-bond donors (Lipinski definition) is 1. The lowest BCUT2D eigenvalue weighted by molar-refractivity contribution is -0.00550. The summed E-state index contributed by atoms with van der Waals surface area (Å²) >= 11 is 0. The van der Waals surface area contributed by atoms with Gasteiger partial charge < -0.3 is 15.4 Å². The molecule has 5 heteroatoms. The van der Waals surface area contributed by atoms with Crippen molar-refractivity contribution >= 4 is 5.82 Å². The van der Waals surface area contributed by atoms with Crippen molar-refractivity contribution in [2.75, 3.05) is 18.0 Å². The molecule has 1 aliphatic heterocycles. The van der Waals surface area contributed by atoms with E-state index in [-0.39, 0.29) is 12.2 Å². The molecule has 0 spiro atoms. The van der Waals surface area contributed by atoms with Crippen molar-refractivity contribution in [2.45, 2.75) is 32.6 Å². The zero-order valence-corrected chi connectivity index (χ0v) is 9.76. The Morgan fingerprint density at radius 2 is 2.00 bits per heavy atom. The number of anilines is 1. The van der Waals surface area contributed by atoms with E-state index in [9.17, 15) is 0 Å². The molecular weight excluding hydrogens is 204 g/mol. The van der Waals surface area contributed by atoms with E-state index >= 15 is 0 Å². The molecule has 1 aliphatic rings. The van der Waals surface area contributed by atoms with Crippen LogP contribution < -0.4 is 10.6 Å². The highest BCUT2D eigenvalue weighted by molar-refractivity contribution is 5.38. The van der Waals surface area contributed by atoms with E-state index in [0.717, 1.165) is 24.6 Å². The fourth-order valence-electron chi connectivity index (χ4n) is 2.00. The minimum absolute atomic E-state index is 0.236. The third-order valence-corrected chi connectivity index (χ3v) is 2.66. The van der Waals surface area contributed by atoms with E-state index in [1.165, 1.54) is 0 Å². The lowest BCUT2D eigenvalue weighted by Gasteiger charge is -2.35. The third kappa shape index (κ3) is 2.48. The molecule has 0 radical (unpaired) electrons. The molecule has 2 N–H and O–H groups in total. The van der Waals surface area contributed by atoms with Crippen LogP contribution in [0.15, 0.2) is 12.1 Å². The Balaban J connectivity index is 2.10. The number of rotatable bonds is 2. The molecule has 88 valence electrons. The summed E-state index contributed by atoms with van der Waals surface area (Å²) in [5.41, 5.74) is 6.30. The molecule has 2 rings (SSSR count). The van der Waals surface area contributed by atoms with Crippen LogP contribution >= 0.6 is 0 Å². The van der Waals surface area contributed by atoms with Gasteiger partial charge >= 0.3 is 0 Å². The summed E-state index contributed by atoms with van der Waals surface area (Å²) in [5.74, 6) is 0.902. The van der Waals surface area contributed by atoms with Crippen molar-refractivity contribution in [2.24, 2.45) is 5.73 Å². The molecule has 0 saturated carbocycles. The number of aromatic nitrogens is 2. The van der Waals surface area contributed by atoms with Crippen molar-refractivity contribution in [3.05, 3.63) is 17.8 Å². The molecule has 1 aromatic rings. The maximum Gasteiger partial charge on any atom is 0.151 e. The highest BCUT2D eigenvalue weighted by atomic mass is 16.5. The molecule has 1 saturated heterocycles. The van der Waals surface area contributed by atoms with Crippen LogP contribution in [0.3, 0.4) is 0 Å². The maximum absolute atomic E-state index is 5.67. The average molecular weight is 222 g/mol. The highest BCUT2D eigenvalue weighted by Gasteiger charge is 2.23. The SMILES string of the molecule is C[C@@H]1CN(c2ccc(CN)nn2)C[C@H](C)O1. The van der Waals surface area contributed by atoms with Gasteiger partial charge in [-0.15, -0.1) is 5.10 Å². The smallest absolute Gasteiger partial charge is 0.151 e. The Bertz CT molecular complexity index is 330. The molecule has 0 aliphatic carbocycles. The summed E-state index contributed by atoms with van der Waals surface area (Å²) < 4.78 is 5.67. The topological polar surface area (TPSA) is 64.3 Å². The predicted octanol–water partition coefficient (Wildman–Crippen LogP) is 0.549. The zero-order chi connectivity index (χ0) is 11.5. The van der Waals surface area contributed by atoms with Gasteiger partial charge in [-0.3, -0.25) is 0 Å². The number of hydrogen-bond acceptors (Lipinski definition) is 5. The van der Waals surface area contributed by atoms with Gasteiger partial charge in [0.2, 0.25) is 0 Å². The van der Waals surface area contributed by atoms with Crippen LogP contribution in [-0.2, 0) is 11.3 Å². The van der Waals surface area contributed by atoms with Crippen molar-refractivity contribution in [1.29, 1.82) is 0 Å². The van der Waals surface area contributed by atoms with Gasteiger partial charge in [0.1, 0.15) is 0 Å². The summed E-state index contributed by atoms with van der Waals surface area (Å²) in [6.45, 7) is 6.31. The first-order valence-corrected chi connectivity index (χ1v) is 5.62. The molecule has 0 amide bonds. The Labute approximate surface area is 95.6 Å². The first-order valence-electron chi connectivity index (χ1n) is 5.62. The van der Waals surface area contributed by atoms with Gasteiger partial charge in [0.15, 0.2) is 5.82 Å². The molecule has 0 bridgehead atoms. The molecule has 2 atom stereocenters. The van der Waals surface area contributed by atoms with Gasteiger partial charge in [-0.05, 0) is 26.0 Å². The van der Waals surface area contributed by atoms with Crippen molar-refractivity contribution in [1.82, 2.24) is 10.2 Å². The van der Waals surface area contributed by atoms with E-state index in [4.69, 9.17) is 10.5 Å². The largest absolute Gasteiger partial charge is 0.372 e. The molecule has 1 fully saturated rings. The Morgan fingerprint density at radius 3 is 2.50 bits per heavy atom. The van der Waals surface area contributed by atoms with Crippen LogP contribution in [-0.4, -0.2) is 35.5 Å². The van der Waals surface area contributed by atoms with Crippen LogP contribution in [0.1, 0.15) is 19.5 Å². The zero-order valence-electron chi connectivity index (χ0n) is 9.76. The van der Waals surface area contributed by atoms with E-state index in [2.05, 4.69) is 28.9 Å². The molecule has 0 unspecified atom stereocenters. The van der Waals surface area contributed by atoms with E-state index in [1.807, 2.05) is 12.1 Å². The van der Waals surface area contributed by atoms with Gasteiger partial charge in [0.05, 0.1) is 17.9 Å². The fraction of sp³-hybridized carbons (Fsp3) is 0.636. The lowest BCUT2D eigenvalue weighted by atomic mass is 10.2. The predicted molar refractivity (Wildman–Crippen MR) is 62.1 cm³/mol. The number of nitrogens with zero attached hydrogens (tertiary/aromatic N) is 3. The number of ether oxygens (including phenoxy) is 1. The molecule has 0 aromatic carbocycles. The monoisotopic (exact) mass is 222 g/mol. The minimum Gasteiger partial charge on any atom is -0.372 e. The second kappa shape index (κ2) is 4.76. The van der Waals surface area contributed by atoms with Crippen LogP contribution in [0.25, 0.3) is 0 Å².